The lowest BCUT2D eigenvalue weighted by atomic mass is 10.3. The second kappa shape index (κ2) is 3.42. The molecule has 0 unspecified atom stereocenters. The number of primary amides is 1. The fourth-order valence-electron chi connectivity index (χ4n) is 0.600. The zero-order valence-corrected chi connectivity index (χ0v) is 6.02. The third kappa shape index (κ3) is 2.01. The van der Waals surface area contributed by atoms with Crippen LogP contribution in [-0.4, -0.2) is 21.9 Å². The van der Waals surface area contributed by atoms with Crippen molar-refractivity contribution in [3.05, 3.63) is 24.3 Å². The van der Waals surface area contributed by atoms with Gasteiger partial charge in [-0.15, -0.1) is 0 Å². The Kier molecular flexibility index (Phi) is 2.32. The number of imide groups is 1. The summed E-state index contributed by atoms with van der Waals surface area (Å²) in [5.74, 6) is -0.608. The maximum absolute atomic E-state index is 11.0. The first-order valence-corrected chi connectivity index (χ1v) is 3.06. The molecule has 0 saturated heterocycles. The zero-order chi connectivity index (χ0) is 8.97. The standard InChI is InChI=1S/C6H6N4O2/c7-6(12)10-5(11)4-1-8-3-9-2-4/h1-3H,(H3,7,10,11,12). The van der Waals surface area contributed by atoms with Crippen LogP contribution in [0, 0.1) is 0 Å². The van der Waals surface area contributed by atoms with Gasteiger partial charge in [0.1, 0.15) is 6.33 Å². The van der Waals surface area contributed by atoms with E-state index in [1.165, 1.54) is 18.7 Å². The normalized spacial score (nSPS) is 9.00. The Morgan fingerprint density at radius 1 is 1.33 bits per heavy atom. The average molecular weight is 166 g/mol. The third-order valence-corrected chi connectivity index (χ3v) is 1.06. The lowest BCUT2D eigenvalue weighted by Crippen LogP contribution is -2.35. The summed E-state index contributed by atoms with van der Waals surface area (Å²) in [6, 6.07) is -0.899. The summed E-state index contributed by atoms with van der Waals surface area (Å²) in [5.41, 5.74) is 4.91. The summed E-state index contributed by atoms with van der Waals surface area (Å²) in [6.07, 6.45) is 3.84. The molecule has 3 N–H and O–H groups in total. The van der Waals surface area contributed by atoms with Crippen LogP contribution in [0.2, 0.25) is 0 Å². The minimum atomic E-state index is -0.899. The summed E-state index contributed by atoms with van der Waals surface area (Å²) >= 11 is 0. The maximum Gasteiger partial charge on any atom is 0.319 e. The highest BCUT2D eigenvalue weighted by Crippen LogP contribution is 1.90. The maximum atomic E-state index is 11.0. The van der Waals surface area contributed by atoms with Gasteiger partial charge in [-0.25, -0.2) is 14.8 Å². The van der Waals surface area contributed by atoms with Crippen LogP contribution in [0.1, 0.15) is 10.4 Å². The third-order valence-electron chi connectivity index (χ3n) is 1.06. The quantitative estimate of drug-likeness (QED) is 0.575. The molecule has 6 heteroatoms. The first-order chi connectivity index (χ1) is 5.70. The first kappa shape index (κ1) is 8.12. The van der Waals surface area contributed by atoms with Crippen molar-refractivity contribution in [2.24, 2.45) is 5.73 Å². The molecule has 0 aliphatic heterocycles. The van der Waals surface area contributed by atoms with Gasteiger partial charge in [-0.2, -0.15) is 0 Å². The van der Waals surface area contributed by atoms with Gasteiger partial charge in [0.15, 0.2) is 0 Å². The molecule has 1 aromatic heterocycles. The summed E-state index contributed by atoms with van der Waals surface area (Å²) < 4.78 is 0. The molecule has 0 atom stereocenters. The molecule has 3 amide bonds. The van der Waals surface area contributed by atoms with Crippen molar-refractivity contribution < 1.29 is 9.59 Å². The van der Waals surface area contributed by atoms with Crippen LogP contribution >= 0.6 is 0 Å². The van der Waals surface area contributed by atoms with E-state index in [4.69, 9.17) is 5.73 Å². The first-order valence-electron chi connectivity index (χ1n) is 3.06. The van der Waals surface area contributed by atoms with Crippen LogP contribution < -0.4 is 11.1 Å². The minimum absolute atomic E-state index is 0.191. The predicted molar refractivity (Wildman–Crippen MR) is 39.1 cm³/mol. The molecule has 1 aromatic rings. The minimum Gasteiger partial charge on any atom is -0.351 e. The van der Waals surface area contributed by atoms with E-state index in [-0.39, 0.29) is 5.56 Å². The SMILES string of the molecule is NC(=O)NC(=O)c1cncnc1. The number of hydrogen-bond acceptors (Lipinski definition) is 4. The number of nitrogens with zero attached hydrogens (tertiary/aromatic N) is 2. The second-order valence-corrected chi connectivity index (χ2v) is 1.95. The Balaban J connectivity index is 2.73. The molecule has 1 rings (SSSR count). The van der Waals surface area contributed by atoms with E-state index in [2.05, 4.69) is 9.97 Å². The summed E-state index contributed by atoms with van der Waals surface area (Å²) in [4.78, 5) is 28.4. The monoisotopic (exact) mass is 166 g/mol. The van der Waals surface area contributed by atoms with Crippen molar-refractivity contribution in [2.45, 2.75) is 0 Å². The summed E-state index contributed by atoms with van der Waals surface area (Å²) in [6.45, 7) is 0. The van der Waals surface area contributed by atoms with Gasteiger partial charge in [-0.1, -0.05) is 0 Å². The Bertz CT molecular complexity index is 298. The molecule has 0 bridgehead atoms. The fraction of sp³-hybridized carbons (Fsp3) is 0. The fourth-order valence-corrected chi connectivity index (χ4v) is 0.600. The Morgan fingerprint density at radius 2 is 1.92 bits per heavy atom. The number of rotatable bonds is 1. The highest BCUT2D eigenvalue weighted by Gasteiger charge is 2.06. The van der Waals surface area contributed by atoms with Gasteiger partial charge < -0.3 is 5.73 Å². The molecular weight excluding hydrogens is 160 g/mol. The number of urea groups is 1. The van der Waals surface area contributed by atoms with E-state index >= 15 is 0 Å². The van der Waals surface area contributed by atoms with Gasteiger partial charge in [0.25, 0.3) is 5.91 Å². The molecule has 62 valence electrons. The van der Waals surface area contributed by atoms with Crippen LogP contribution in [-0.2, 0) is 0 Å². The smallest absolute Gasteiger partial charge is 0.319 e. The van der Waals surface area contributed by atoms with Crippen molar-refractivity contribution in [2.75, 3.05) is 0 Å². The van der Waals surface area contributed by atoms with Crippen molar-refractivity contribution in [1.29, 1.82) is 0 Å². The van der Waals surface area contributed by atoms with Gasteiger partial charge in [-0.05, 0) is 0 Å². The number of nitrogens with two attached hydrogens (primary N) is 1. The van der Waals surface area contributed by atoms with Crippen LogP contribution in [0.15, 0.2) is 18.7 Å². The highest BCUT2D eigenvalue weighted by atomic mass is 16.2. The van der Waals surface area contributed by atoms with Crippen LogP contribution in [0.4, 0.5) is 4.79 Å². The molecular formula is C6H6N4O2. The molecule has 12 heavy (non-hydrogen) atoms. The van der Waals surface area contributed by atoms with Gasteiger partial charge in [0.05, 0.1) is 5.56 Å². The second-order valence-electron chi connectivity index (χ2n) is 1.95. The van der Waals surface area contributed by atoms with E-state index in [9.17, 15) is 9.59 Å². The van der Waals surface area contributed by atoms with Gasteiger partial charge in [-0.3, -0.25) is 10.1 Å². The zero-order valence-electron chi connectivity index (χ0n) is 6.02. The molecule has 0 aromatic carbocycles. The van der Waals surface area contributed by atoms with Crippen molar-refractivity contribution in [3.8, 4) is 0 Å². The summed E-state index contributed by atoms with van der Waals surface area (Å²) in [7, 11) is 0. The topological polar surface area (TPSA) is 98.0 Å². The van der Waals surface area contributed by atoms with E-state index < -0.39 is 11.9 Å². The molecule has 0 aliphatic carbocycles. The molecule has 0 saturated carbocycles. The van der Waals surface area contributed by atoms with Crippen molar-refractivity contribution >= 4 is 11.9 Å². The molecule has 0 radical (unpaired) electrons. The molecule has 6 nitrogen and oxygen atoms in total. The van der Waals surface area contributed by atoms with Crippen LogP contribution in [0.3, 0.4) is 0 Å². The van der Waals surface area contributed by atoms with Gasteiger partial charge in [0.2, 0.25) is 0 Å². The summed E-state index contributed by atoms with van der Waals surface area (Å²) in [5, 5.41) is 1.88. The Hall–Kier alpha value is -1.98. The number of aromatic nitrogens is 2. The average Bonchev–Trinajstić information content (AvgIpc) is 2.05. The number of nitrogens with one attached hydrogen (secondary N) is 1. The van der Waals surface area contributed by atoms with Crippen molar-refractivity contribution in [3.63, 3.8) is 0 Å². The van der Waals surface area contributed by atoms with E-state index in [0.29, 0.717) is 0 Å². The highest BCUT2D eigenvalue weighted by molar-refractivity contribution is 6.03. The molecule has 0 spiro atoms. The number of carbonyl (C=O) groups is 2. The van der Waals surface area contributed by atoms with E-state index in [0.717, 1.165) is 0 Å². The number of carbonyl (C=O) groups excluding carboxylic acids is 2. The number of hydrogen-bond donors (Lipinski definition) is 2. The van der Waals surface area contributed by atoms with E-state index in [1.807, 2.05) is 5.32 Å². The molecule has 0 fully saturated rings. The largest absolute Gasteiger partial charge is 0.351 e. The van der Waals surface area contributed by atoms with Crippen LogP contribution in [0.25, 0.3) is 0 Å². The Morgan fingerprint density at radius 3 is 2.42 bits per heavy atom. The number of amides is 3. The Labute approximate surface area is 67.8 Å². The van der Waals surface area contributed by atoms with E-state index in [1.54, 1.807) is 0 Å². The molecule has 0 aliphatic rings. The lowest BCUT2D eigenvalue weighted by Gasteiger charge is -1.97. The van der Waals surface area contributed by atoms with Crippen LogP contribution in [0.5, 0.6) is 0 Å². The van der Waals surface area contributed by atoms with Crippen molar-refractivity contribution in [1.82, 2.24) is 15.3 Å². The lowest BCUT2D eigenvalue weighted by molar-refractivity contribution is 0.0965. The van der Waals surface area contributed by atoms with Gasteiger partial charge in [0, 0.05) is 12.4 Å². The predicted octanol–water partition coefficient (Wildman–Crippen LogP) is -0.715. The van der Waals surface area contributed by atoms with Gasteiger partial charge >= 0.3 is 6.03 Å². The molecule has 1 heterocycles.